The van der Waals surface area contributed by atoms with Crippen LogP contribution in [0.2, 0.25) is 0 Å². The third kappa shape index (κ3) is 2.73. The number of ether oxygens (including phenoxy) is 1. The molecule has 6 heteroatoms. The van der Waals surface area contributed by atoms with Crippen molar-refractivity contribution in [3.05, 3.63) is 39.1 Å². The van der Waals surface area contributed by atoms with E-state index >= 15 is 0 Å². The van der Waals surface area contributed by atoms with Crippen molar-refractivity contribution in [2.24, 2.45) is 0 Å². The second-order valence-electron chi connectivity index (χ2n) is 4.88. The fourth-order valence-electron chi connectivity index (χ4n) is 2.26. The Morgan fingerprint density at radius 2 is 2.29 bits per heavy atom. The Labute approximate surface area is 132 Å². The zero-order valence-corrected chi connectivity index (χ0v) is 13.7. The van der Waals surface area contributed by atoms with Crippen LogP contribution in [0.1, 0.15) is 23.9 Å². The molecule has 4 nitrogen and oxygen atoms in total. The third-order valence-corrected chi connectivity index (χ3v) is 4.62. The van der Waals surface area contributed by atoms with Gasteiger partial charge in [0.05, 0.1) is 29.9 Å². The largest absolute Gasteiger partial charge is 0.491 e. The molecule has 0 saturated heterocycles. The molecule has 2 heterocycles. The van der Waals surface area contributed by atoms with Gasteiger partial charge in [-0.1, -0.05) is 13.0 Å². The Bertz CT molecular complexity index is 816. The van der Waals surface area contributed by atoms with Crippen molar-refractivity contribution in [1.29, 1.82) is 0 Å². The molecule has 0 unspecified atom stereocenters. The minimum Gasteiger partial charge on any atom is -0.491 e. The number of nitrogens with zero attached hydrogens (tertiary/aromatic N) is 2. The average Bonchev–Trinajstić information content (AvgIpc) is 3.02. The molecule has 0 amide bonds. The quantitative estimate of drug-likeness (QED) is 0.713. The van der Waals surface area contributed by atoms with Crippen molar-refractivity contribution in [2.45, 2.75) is 26.8 Å². The fraction of sp³-hybridized carbons (Fsp3) is 0.333. The Morgan fingerprint density at radius 3 is 3.00 bits per heavy atom. The Hall–Kier alpha value is -1.66. The number of aryl methyl sites for hydroxylation is 1. The van der Waals surface area contributed by atoms with Crippen LogP contribution in [-0.2, 0) is 6.54 Å². The summed E-state index contributed by atoms with van der Waals surface area (Å²) in [5.74, 6) is 0.861. The van der Waals surface area contributed by atoms with Gasteiger partial charge in [0.2, 0.25) is 0 Å². The monoisotopic (exact) mass is 319 g/mol. The molecule has 0 atom stereocenters. The highest BCUT2D eigenvalue weighted by Crippen LogP contribution is 2.26. The summed E-state index contributed by atoms with van der Waals surface area (Å²) >= 11 is 7.14. The summed E-state index contributed by atoms with van der Waals surface area (Å²) in [6, 6.07) is 6.05. The van der Waals surface area contributed by atoms with E-state index in [9.17, 15) is 0 Å². The lowest BCUT2D eigenvalue weighted by molar-refractivity contribution is 0.320. The first-order chi connectivity index (χ1) is 10.2. The van der Waals surface area contributed by atoms with E-state index < -0.39 is 0 Å². The number of benzene rings is 1. The van der Waals surface area contributed by atoms with Crippen molar-refractivity contribution in [3.8, 4) is 5.75 Å². The molecule has 0 aliphatic carbocycles. The predicted molar refractivity (Wildman–Crippen MR) is 88.9 cm³/mol. The molecule has 0 fully saturated rings. The third-order valence-electron chi connectivity index (χ3n) is 3.38. The van der Waals surface area contributed by atoms with Gasteiger partial charge in [0.25, 0.3) is 0 Å². The molecule has 0 aliphatic heterocycles. The number of aromatic amines is 1. The first-order valence-corrected chi connectivity index (χ1v) is 8.22. The van der Waals surface area contributed by atoms with E-state index in [1.165, 1.54) is 4.88 Å². The van der Waals surface area contributed by atoms with Gasteiger partial charge in [-0.05, 0) is 37.7 Å². The van der Waals surface area contributed by atoms with E-state index in [2.05, 4.69) is 27.5 Å². The highest BCUT2D eigenvalue weighted by Gasteiger charge is 2.11. The molecule has 21 heavy (non-hydrogen) atoms. The minimum atomic E-state index is 0.707. The Morgan fingerprint density at radius 1 is 1.43 bits per heavy atom. The number of H-pyrrole nitrogens is 1. The smallest absolute Gasteiger partial charge is 0.178 e. The molecule has 0 aliphatic rings. The number of fused-ring (bicyclic) bond motifs is 1. The number of hydrogen-bond donors (Lipinski definition) is 1. The minimum absolute atomic E-state index is 0.707. The standard InChI is InChI=1S/C15H17N3OS2/c1-3-7-19-12-6-4-5-11-14(12)17-15(20)18(11)8-13-10(2)16-9-21-13/h4-6,9H,3,7-8H2,1-2H3,(H,17,20). The lowest BCUT2D eigenvalue weighted by Gasteiger charge is -2.07. The van der Waals surface area contributed by atoms with E-state index in [0.717, 1.165) is 35.4 Å². The topological polar surface area (TPSA) is 42.8 Å². The van der Waals surface area contributed by atoms with E-state index in [-0.39, 0.29) is 0 Å². The molecule has 0 radical (unpaired) electrons. The van der Waals surface area contributed by atoms with E-state index in [4.69, 9.17) is 17.0 Å². The summed E-state index contributed by atoms with van der Waals surface area (Å²) in [6.45, 7) is 5.57. The van der Waals surface area contributed by atoms with Gasteiger partial charge < -0.3 is 14.3 Å². The van der Waals surface area contributed by atoms with E-state index in [1.807, 2.05) is 24.6 Å². The molecule has 3 rings (SSSR count). The molecule has 1 N–H and O–H groups in total. The first-order valence-electron chi connectivity index (χ1n) is 6.94. The number of aromatic nitrogens is 3. The number of para-hydroxylation sites is 1. The van der Waals surface area contributed by atoms with Gasteiger partial charge in [0.1, 0.15) is 11.3 Å². The lowest BCUT2D eigenvalue weighted by atomic mass is 10.3. The summed E-state index contributed by atoms with van der Waals surface area (Å²) in [6.07, 6.45) is 0.984. The highest BCUT2D eigenvalue weighted by atomic mass is 32.1. The SMILES string of the molecule is CCCOc1cccc2c1[nH]c(=S)n2Cc1scnc1C. The lowest BCUT2D eigenvalue weighted by Crippen LogP contribution is -1.99. The van der Waals surface area contributed by atoms with Crippen LogP contribution in [0, 0.1) is 11.7 Å². The second kappa shape index (κ2) is 5.99. The summed E-state index contributed by atoms with van der Waals surface area (Å²) in [7, 11) is 0. The van der Waals surface area contributed by atoms with Gasteiger partial charge in [0.15, 0.2) is 4.77 Å². The maximum absolute atomic E-state index is 5.80. The van der Waals surface area contributed by atoms with Crippen LogP contribution >= 0.6 is 23.6 Å². The zero-order chi connectivity index (χ0) is 14.8. The molecule has 3 aromatic rings. The fourth-order valence-corrected chi connectivity index (χ4v) is 3.29. The molecule has 110 valence electrons. The van der Waals surface area contributed by atoms with Crippen molar-refractivity contribution in [1.82, 2.24) is 14.5 Å². The molecular weight excluding hydrogens is 302 g/mol. The van der Waals surface area contributed by atoms with Crippen LogP contribution in [0.3, 0.4) is 0 Å². The van der Waals surface area contributed by atoms with Gasteiger partial charge in [0, 0.05) is 4.88 Å². The van der Waals surface area contributed by atoms with E-state index in [1.54, 1.807) is 11.3 Å². The number of rotatable bonds is 5. The summed E-state index contributed by atoms with van der Waals surface area (Å²) < 4.78 is 8.61. The molecule has 0 saturated carbocycles. The van der Waals surface area contributed by atoms with E-state index in [0.29, 0.717) is 11.4 Å². The average molecular weight is 319 g/mol. The van der Waals surface area contributed by atoms with Gasteiger partial charge in [-0.3, -0.25) is 0 Å². The Kier molecular flexibility index (Phi) is 4.07. The summed E-state index contributed by atoms with van der Waals surface area (Å²) in [4.78, 5) is 8.80. The normalized spacial score (nSPS) is 11.1. The Balaban J connectivity index is 2.05. The molecule has 0 bridgehead atoms. The molecule has 2 aromatic heterocycles. The van der Waals surface area contributed by atoms with Crippen LogP contribution in [0.15, 0.2) is 23.7 Å². The molecular formula is C15H17N3OS2. The second-order valence-corrected chi connectivity index (χ2v) is 6.20. The van der Waals surface area contributed by atoms with Crippen LogP contribution in [0.4, 0.5) is 0 Å². The van der Waals surface area contributed by atoms with Gasteiger partial charge in [-0.25, -0.2) is 4.98 Å². The van der Waals surface area contributed by atoms with Crippen molar-refractivity contribution in [3.63, 3.8) is 0 Å². The van der Waals surface area contributed by atoms with Gasteiger partial charge in [-0.15, -0.1) is 11.3 Å². The van der Waals surface area contributed by atoms with Crippen molar-refractivity contribution in [2.75, 3.05) is 6.61 Å². The van der Waals surface area contributed by atoms with Crippen molar-refractivity contribution >= 4 is 34.6 Å². The van der Waals surface area contributed by atoms with Gasteiger partial charge >= 0.3 is 0 Å². The first kappa shape index (κ1) is 14.3. The number of nitrogens with one attached hydrogen (secondary N) is 1. The summed E-state index contributed by atoms with van der Waals surface area (Å²) in [5.41, 5.74) is 4.98. The van der Waals surface area contributed by atoms with Crippen LogP contribution < -0.4 is 4.74 Å². The maximum atomic E-state index is 5.80. The number of imidazole rings is 1. The molecule has 1 aromatic carbocycles. The maximum Gasteiger partial charge on any atom is 0.178 e. The highest BCUT2D eigenvalue weighted by molar-refractivity contribution is 7.71. The van der Waals surface area contributed by atoms with Gasteiger partial charge in [-0.2, -0.15) is 0 Å². The summed E-state index contributed by atoms with van der Waals surface area (Å²) in [5, 5.41) is 0. The predicted octanol–water partition coefficient (Wildman–Crippen LogP) is 4.30. The molecule has 0 spiro atoms. The van der Waals surface area contributed by atoms with Crippen molar-refractivity contribution < 1.29 is 4.74 Å². The number of hydrogen-bond acceptors (Lipinski definition) is 4. The van der Waals surface area contributed by atoms with Crippen LogP contribution in [-0.4, -0.2) is 21.1 Å². The van der Waals surface area contributed by atoms with Crippen LogP contribution in [0.5, 0.6) is 5.75 Å². The van der Waals surface area contributed by atoms with Crippen LogP contribution in [0.25, 0.3) is 11.0 Å². The number of thiazole rings is 1. The zero-order valence-electron chi connectivity index (χ0n) is 12.0.